The maximum absolute atomic E-state index is 5.64. The first-order valence-electron chi connectivity index (χ1n) is 4.34. The molecule has 2 nitrogen and oxygen atoms in total. The molecule has 1 aliphatic heterocycles. The van der Waals surface area contributed by atoms with Crippen molar-refractivity contribution in [1.29, 1.82) is 0 Å². The topological polar surface area (TPSA) is 35.2 Å². The van der Waals surface area contributed by atoms with E-state index in [1.54, 1.807) is 0 Å². The standard InChI is InChI=1S/C9H17NO/c1-8(10)4-5-9-3-2-6-11-7-9/h7-8H,2-6,10H2,1H3/t8-/m0/s1. The smallest absolute Gasteiger partial charge is 0.0876 e. The number of ether oxygens (including phenoxy) is 1. The number of hydrogen-bond donors (Lipinski definition) is 1. The Morgan fingerprint density at radius 3 is 3.09 bits per heavy atom. The van der Waals surface area contributed by atoms with E-state index in [4.69, 9.17) is 10.5 Å². The van der Waals surface area contributed by atoms with Crippen molar-refractivity contribution in [2.45, 2.75) is 38.6 Å². The van der Waals surface area contributed by atoms with E-state index in [1.807, 2.05) is 13.2 Å². The molecule has 2 N–H and O–H groups in total. The van der Waals surface area contributed by atoms with Crippen LogP contribution in [0.25, 0.3) is 0 Å². The van der Waals surface area contributed by atoms with Gasteiger partial charge in [0, 0.05) is 6.04 Å². The van der Waals surface area contributed by atoms with Crippen LogP contribution in [0.3, 0.4) is 0 Å². The van der Waals surface area contributed by atoms with Crippen molar-refractivity contribution in [1.82, 2.24) is 0 Å². The molecule has 0 aromatic rings. The lowest BCUT2D eigenvalue weighted by Gasteiger charge is -2.14. The lowest BCUT2D eigenvalue weighted by atomic mass is 10.0. The van der Waals surface area contributed by atoms with Crippen LogP contribution in [-0.2, 0) is 4.74 Å². The summed E-state index contributed by atoms with van der Waals surface area (Å²) in [6.45, 7) is 2.94. The molecule has 1 heterocycles. The third-order valence-electron chi connectivity index (χ3n) is 1.93. The molecule has 1 atom stereocenters. The maximum atomic E-state index is 5.64. The second-order valence-corrected chi connectivity index (χ2v) is 3.27. The highest BCUT2D eigenvalue weighted by molar-refractivity contribution is 5.00. The van der Waals surface area contributed by atoms with Crippen molar-refractivity contribution < 1.29 is 4.74 Å². The van der Waals surface area contributed by atoms with E-state index in [2.05, 4.69) is 0 Å². The van der Waals surface area contributed by atoms with Gasteiger partial charge in [0.2, 0.25) is 0 Å². The van der Waals surface area contributed by atoms with Gasteiger partial charge in [-0.2, -0.15) is 0 Å². The summed E-state index contributed by atoms with van der Waals surface area (Å²) in [7, 11) is 0. The Bertz CT molecular complexity index is 140. The van der Waals surface area contributed by atoms with Gasteiger partial charge in [-0.1, -0.05) is 0 Å². The highest BCUT2D eigenvalue weighted by Crippen LogP contribution is 2.17. The van der Waals surface area contributed by atoms with Crippen molar-refractivity contribution in [2.24, 2.45) is 5.73 Å². The zero-order valence-corrected chi connectivity index (χ0v) is 7.18. The molecule has 0 spiro atoms. The molecule has 2 heteroatoms. The molecule has 1 rings (SSSR count). The fourth-order valence-corrected chi connectivity index (χ4v) is 1.22. The van der Waals surface area contributed by atoms with Crippen molar-refractivity contribution in [3.63, 3.8) is 0 Å². The minimum atomic E-state index is 0.317. The van der Waals surface area contributed by atoms with Gasteiger partial charge in [-0.3, -0.25) is 0 Å². The van der Waals surface area contributed by atoms with Crippen molar-refractivity contribution >= 4 is 0 Å². The molecular formula is C9H17NO. The van der Waals surface area contributed by atoms with Gasteiger partial charge in [-0.15, -0.1) is 0 Å². The molecule has 0 amide bonds. The zero-order valence-electron chi connectivity index (χ0n) is 7.18. The molecule has 0 unspecified atom stereocenters. The summed E-state index contributed by atoms with van der Waals surface area (Å²) in [6, 6.07) is 0.317. The van der Waals surface area contributed by atoms with Gasteiger partial charge in [-0.25, -0.2) is 0 Å². The average Bonchev–Trinajstić information content (AvgIpc) is 2.03. The Morgan fingerprint density at radius 2 is 2.55 bits per heavy atom. The lowest BCUT2D eigenvalue weighted by Crippen LogP contribution is -2.14. The van der Waals surface area contributed by atoms with Gasteiger partial charge < -0.3 is 10.5 Å². The molecule has 11 heavy (non-hydrogen) atoms. The quantitative estimate of drug-likeness (QED) is 0.674. The van der Waals surface area contributed by atoms with Crippen LogP contribution in [-0.4, -0.2) is 12.6 Å². The van der Waals surface area contributed by atoms with Gasteiger partial charge in [0.25, 0.3) is 0 Å². The molecule has 0 aromatic heterocycles. The highest BCUT2D eigenvalue weighted by Gasteiger charge is 2.04. The first-order chi connectivity index (χ1) is 5.29. The summed E-state index contributed by atoms with van der Waals surface area (Å²) in [5.41, 5.74) is 7.07. The Morgan fingerprint density at radius 1 is 1.73 bits per heavy atom. The van der Waals surface area contributed by atoms with E-state index in [0.29, 0.717) is 6.04 Å². The monoisotopic (exact) mass is 155 g/mol. The van der Waals surface area contributed by atoms with Crippen molar-refractivity contribution in [2.75, 3.05) is 6.61 Å². The molecule has 64 valence electrons. The predicted octanol–water partition coefficient (Wildman–Crippen LogP) is 1.81. The van der Waals surface area contributed by atoms with Gasteiger partial charge in [0.15, 0.2) is 0 Å². The number of nitrogens with two attached hydrogens (primary N) is 1. The van der Waals surface area contributed by atoms with E-state index in [9.17, 15) is 0 Å². The minimum absolute atomic E-state index is 0.317. The Labute approximate surface area is 68.4 Å². The van der Waals surface area contributed by atoms with Crippen LogP contribution in [0.1, 0.15) is 32.6 Å². The maximum Gasteiger partial charge on any atom is 0.0876 e. The molecule has 1 aliphatic rings. The molecular weight excluding hydrogens is 138 g/mol. The van der Waals surface area contributed by atoms with Gasteiger partial charge in [0.05, 0.1) is 12.9 Å². The molecule has 0 bridgehead atoms. The van der Waals surface area contributed by atoms with E-state index < -0.39 is 0 Å². The van der Waals surface area contributed by atoms with Crippen LogP contribution in [0.15, 0.2) is 11.8 Å². The van der Waals surface area contributed by atoms with Crippen LogP contribution < -0.4 is 5.73 Å². The Kier molecular flexibility index (Phi) is 3.43. The highest BCUT2D eigenvalue weighted by atomic mass is 16.5. The minimum Gasteiger partial charge on any atom is -0.501 e. The van der Waals surface area contributed by atoms with E-state index in [-0.39, 0.29) is 0 Å². The van der Waals surface area contributed by atoms with E-state index >= 15 is 0 Å². The van der Waals surface area contributed by atoms with Crippen LogP contribution in [0.2, 0.25) is 0 Å². The lowest BCUT2D eigenvalue weighted by molar-refractivity contribution is 0.222. The predicted molar refractivity (Wildman–Crippen MR) is 46.2 cm³/mol. The largest absolute Gasteiger partial charge is 0.501 e. The van der Waals surface area contributed by atoms with Crippen LogP contribution in [0.5, 0.6) is 0 Å². The van der Waals surface area contributed by atoms with Crippen LogP contribution >= 0.6 is 0 Å². The molecule has 0 fully saturated rings. The van der Waals surface area contributed by atoms with Gasteiger partial charge in [-0.05, 0) is 38.2 Å². The fraction of sp³-hybridized carbons (Fsp3) is 0.778. The first kappa shape index (κ1) is 8.60. The molecule has 0 aromatic carbocycles. The second kappa shape index (κ2) is 4.39. The summed E-state index contributed by atoms with van der Waals surface area (Å²) in [4.78, 5) is 0. The average molecular weight is 155 g/mol. The summed E-state index contributed by atoms with van der Waals surface area (Å²) in [5.74, 6) is 0. The third-order valence-corrected chi connectivity index (χ3v) is 1.93. The SMILES string of the molecule is C[C@H](N)CCC1=COCCC1. The summed E-state index contributed by atoms with van der Waals surface area (Å²) >= 11 is 0. The summed E-state index contributed by atoms with van der Waals surface area (Å²) < 4.78 is 5.21. The van der Waals surface area contributed by atoms with Crippen LogP contribution in [0, 0.1) is 0 Å². The normalized spacial score (nSPS) is 20.4. The van der Waals surface area contributed by atoms with Gasteiger partial charge >= 0.3 is 0 Å². The molecule has 0 saturated heterocycles. The van der Waals surface area contributed by atoms with Crippen molar-refractivity contribution in [3.8, 4) is 0 Å². The van der Waals surface area contributed by atoms with Gasteiger partial charge in [0.1, 0.15) is 0 Å². The summed E-state index contributed by atoms with van der Waals surface area (Å²) in [6.07, 6.45) is 6.47. The van der Waals surface area contributed by atoms with Crippen LogP contribution in [0.4, 0.5) is 0 Å². The van der Waals surface area contributed by atoms with E-state index in [0.717, 1.165) is 19.4 Å². The molecule has 0 radical (unpaired) electrons. The fourth-order valence-electron chi connectivity index (χ4n) is 1.22. The Hall–Kier alpha value is -0.500. The molecule has 0 saturated carbocycles. The third kappa shape index (κ3) is 3.42. The zero-order chi connectivity index (χ0) is 8.10. The van der Waals surface area contributed by atoms with Crippen molar-refractivity contribution in [3.05, 3.63) is 11.8 Å². The Balaban J connectivity index is 2.19. The summed E-state index contributed by atoms with van der Waals surface area (Å²) in [5, 5.41) is 0. The number of allylic oxidation sites excluding steroid dienone is 1. The number of rotatable bonds is 3. The number of hydrogen-bond acceptors (Lipinski definition) is 2. The van der Waals surface area contributed by atoms with E-state index in [1.165, 1.54) is 18.4 Å². The second-order valence-electron chi connectivity index (χ2n) is 3.27. The molecule has 0 aliphatic carbocycles. The first-order valence-corrected chi connectivity index (χ1v) is 4.34.